The van der Waals surface area contributed by atoms with Crippen LogP contribution in [0.25, 0.3) is 0 Å². The van der Waals surface area contributed by atoms with Crippen molar-refractivity contribution in [3.63, 3.8) is 0 Å². The highest BCUT2D eigenvalue weighted by molar-refractivity contribution is 7.12. The molecule has 0 radical (unpaired) electrons. The Morgan fingerprint density at radius 2 is 2.13 bits per heavy atom. The zero-order valence-electron chi connectivity index (χ0n) is 9.46. The van der Waals surface area contributed by atoms with Gasteiger partial charge in [0.1, 0.15) is 0 Å². The Labute approximate surface area is 94.7 Å². The van der Waals surface area contributed by atoms with Crippen molar-refractivity contribution in [1.29, 1.82) is 0 Å². The second kappa shape index (κ2) is 4.77. The average Bonchev–Trinajstić information content (AvgIpc) is 2.51. The van der Waals surface area contributed by atoms with E-state index in [-0.39, 0.29) is 17.9 Å². The zero-order chi connectivity index (χ0) is 11.5. The summed E-state index contributed by atoms with van der Waals surface area (Å²) in [6, 6.07) is 4.24. The third-order valence-electron chi connectivity index (χ3n) is 2.00. The summed E-state index contributed by atoms with van der Waals surface area (Å²) in [7, 11) is 0. The predicted molar refractivity (Wildman–Crippen MR) is 63.9 cm³/mol. The molecule has 3 nitrogen and oxygen atoms in total. The van der Waals surface area contributed by atoms with Crippen molar-refractivity contribution in [3.05, 3.63) is 21.9 Å². The van der Waals surface area contributed by atoms with E-state index in [9.17, 15) is 4.79 Å². The van der Waals surface area contributed by atoms with Gasteiger partial charge in [-0.2, -0.15) is 0 Å². The Bertz CT molecular complexity index is 339. The third kappa shape index (κ3) is 4.01. The summed E-state index contributed by atoms with van der Waals surface area (Å²) in [5.41, 5.74) is 5.23. The summed E-state index contributed by atoms with van der Waals surface area (Å²) in [5.74, 6) is -0.317. The number of amides is 1. The molecule has 0 atom stereocenters. The number of nitrogens with one attached hydrogen (secondary N) is 1. The zero-order valence-corrected chi connectivity index (χ0v) is 10.3. The molecule has 0 spiro atoms. The second-order valence-electron chi connectivity index (χ2n) is 4.59. The van der Waals surface area contributed by atoms with Crippen LogP contribution in [-0.2, 0) is 16.8 Å². The van der Waals surface area contributed by atoms with Crippen molar-refractivity contribution in [3.8, 4) is 0 Å². The van der Waals surface area contributed by atoms with Crippen LogP contribution < -0.4 is 11.1 Å². The van der Waals surface area contributed by atoms with Crippen molar-refractivity contribution in [2.24, 2.45) is 5.73 Å². The summed E-state index contributed by atoms with van der Waals surface area (Å²) < 4.78 is 0. The molecule has 1 amide bonds. The first kappa shape index (κ1) is 12.2. The lowest BCUT2D eigenvalue weighted by Gasteiger charge is -2.15. The number of carbonyl (C=O) groups excluding carboxylic acids is 1. The van der Waals surface area contributed by atoms with Gasteiger partial charge in [0.25, 0.3) is 0 Å². The molecule has 0 bridgehead atoms. The van der Waals surface area contributed by atoms with Gasteiger partial charge in [-0.1, -0.05) is 20.8 Å². The average molecular weight is 226 g/mol. The molecular formula is C11H18N2OS. The highest BCUT2D eigenvalue weighted by atomic mass is 32.1. The first-order valence-electron chi connectivity index (χ1n) is 4.98. The largest absolute Gasteiger partial charge is 0.369 e. The molecular weight excluding hydrogens is 208 g/mol. The molecule has 1 heterocycles. The first-order chi connectivity index (χ1) is 6.89. The molecule has 1 rings (SSSR count). The van der Waals surface area contributed by atoms with Crippen molar-refractivity contribution >= 4 is 17.2 Å². The summed E-state index contributed by atoms with van der Waals surface area (Å²) in [4.78, 5) is 13.1. The third-order valence-corrected chi connectivity index (χ3v) is 3.51. The lowest BCUT2D eigenvalue weighted by atomic mass is 9.95. The summed E-state index contributed by atoms with van der Waals surface area (Å²) in [5, 5.41) is 3.00. The topological polar surface area (TPSA) is 55.1 Å². The van der Waals surface area contributed by atoms with Crippen LogP contribution in [0.3, 0.4) is 0 Å². The van der Waals surface area contributed by atoms with E-state index in [0.717, 1.165) is 0 Å². The summed E-state index contributed by atoms with van der Waals surface area (Å²) in [6.45, 7) is 7.53. The smallest absolute Gasteiger partial charge is 0.231 e. The maximum absolute atomic E-state index is 10.5. The molecule has 15 heavy (non-hydrogen) atoms. The van der Waals surface area contributed by atoms with Gasteiger partial charge in [-0.3, -0.25) is 4.79 Å². The Hall–Kier alpha value is -0.870. The standard InChI is InChI=1S/C11H18N2OS/c1-11(2,3)9-5-4-8(15-9)6-13-7-10(12)14/h4-5,13H,6-7H2,1-3H3,(H2,12,14). The molecule has 0 saturated heterocycles. The molecule has 0 saturated carbocycles. The fourth-order valence-electron chi connectivity index (χ4n) is 1.18. The van der Waals surface area contributed by atoms with Crippen molar-refractivity contribution in [2.75, 3.05) is 6.54 Å². The number of carbonyl (C=O) groups is 1. The van der Waals surface area contributed by atoms with Crippen LogP contribution in [0.4, 0.5) is 0 Å². The van der Waals surface area contributed by atoms with Crippen LogP contribution in [-0.4, -0.2) is 12.5 Å². The minimum atomic E-state index is -0.317. The van der Waals surface area contributed by atoms with Crippen LogP contribution in [0.15, 0.2) is 12.1 Å². The maximum Gasteiger partial charge on any atom is 0.231 e. The molecule has 4 heteroatoms. The molecule has 0 aliphatic carbocycles. The van der Waals surface area contributed by atoms with Gasteiger partial charge < -0.3 is 11.1 Å². The first-order valence-corrected chi connectivity index (χ1v) is 5.79. The van der Waals surface area contributed by atoms with Gasteiger partial charge >= 0.3 is 0 Å². The van der Waals surface area contributed by atoms with Crippen LogP contribution >= 0.6 is 11.3 Å². The Morgan fingerprint density at radius 3 is 2.60 bits per heavy atom. The normalized spacial score (nSPS) is 11.7. The van der Waals surface area contributed by atoms with Crippen molar-refractivity contribution in [2.45, 2.75) is 32.7 Å². The second-order valence-corrected chi connectivity index (χ2v) is 5.75. The minimum absolute atomic E-state index is 0.201. The molecule has 1 aromatic heterocycles. The van der Waals surface area contributed by atoms with E-state index < -0.39 is 0 Å². The van der Waals surface area contributed by atoms with Crippen molar-refractivity contribution < 1.29 is 4.79 Å². The molecule has 3 N–H and O–H groups in total. The van der Waals surface area contributed by atoms with Gasteiger partial charge in [0.15, 0.2) is 0 Å². The summed E-state index contributed by atoms with van der Waals surface area (Å²) >= 11 is 1.78. The molecule has 1 aromatic rings. The van der Waals surface area contributed by atoms with Gasteiger partial charge in [-0.25, -0.2) is 0 Å². The van der Waals surface area contributed by atoms with Gasteiger partial charge in [0.2, 0.25) is 5.91 Å². The monoisotopic (exact) mass is 226 g/mol. The van der Waals surface area contributed by atoms with Crippen molar-refractivity contribution in [1.82, 2.24) is 5.32 Å². The van der Waals surface area contributed by atoms with E-state index >= 15 is 0 Å². The van der Waals surface area contributed by atoms with E-state index in [2.05, 4.69) is 38.2 Å². The lowest BCUT2D eigenvalue weighted by molar-refractivity contribution is -0.117. The highest BCUT2D eigenvalue weighted by Gasteiger charge is 2.15. The highest BCUT2D eigenvalue weighted by Crippen LogP contribution is 2.29. The van der Waals surface area contributed by atoms with Gasteiger partial charge in [-0.15, -0.1) is 11.3 Å². The van der Waals surface area contributed by atoms with Crippen LogP contribution in [0.1, 0.15) is 30.5 Å². The van der Waals surface area contributed by atoms with Crippen LogP contribution in [0.2, 0.25) is 0 Å². The molecule has 0 unspecified atom stereocenters. The van der Waals surface area contributed by atoms with Crippen LogP contribution in [0.5, 0.6) is 0 Å². The van der Waals surface area contributed by atoms with Gasteiger partial charge in [-0.05, 0) is 17.5 Å². The SMILES string of the molecule is CC(C)(C)c1ccc(CNCC(N)=O)s1. The molecule has 0 aliphatic heterocycles. The molecule has 0 aliphatic rings. The Balaban J connectivity index is 2.50. The van der Waals surface area contributed by atoms with Crippen LogP contribution in [0, 0.1) is 0 Å². The molecule has 0 fully saturated rings. The predicted octanol–water partition coefficient (Wildman–Crippen LogP) is 1.62. The van der Waals surface area contributed by atoms with E-state index in [1.54, 1.807) is 11.3 Å². The Kier molecular flexibility index (Phi) is 3.88. The van der Waals surface area contributed by atoms with Gasteiger partial charge in [0.05, 0.1) is 6.54 Å². The number of rotatable bonds is 4. The van der Waals surface area contributed by atoms with E-state index in [1.165, 1.54) is 9.75 Å². The molecule has 84 valence electrons. The molecule has 0 aromatic carbocycles. The minimum Gasteiger partial charge on any atom is -0.369 e. The maximum atomic E-state index is 10.5. The van der Waals surface area contributed by atoms with E-state index in [0.29, 0.717) is 6.54 Å². The number of nitrogens with two attached hydrogens (primary N) is 1. The van der Waals surface area contributed by atoms with E-state index in [1.807, 2.05) is 0 Å². The number of hydrogen-bond acceptors (Lipinski definition) is 3. The number of hydrogen-bond donors (Lipinski definition) is 2. The van der Waals surface area contributed by atoms with E-state index in [4.69, 9.17) is 5.73 Å². The number of primary amides is 1. The summed E-state index contributed by atoms with van der Waals surface area (Å²) in [6.07, 6.45) is 0. The fourth-order valence-corrected chi connectivity index (χ4v) is 2.22. The Morgan fingerprint density at radius 1 is 1.47 bits per heavy atom. The quantitative estimate of drug-likeness (QED) is 0.819. The fraction of sp³-hybridized carbons (Fsp3) is 0.545. The van der Waals surface area contributed by atoms with Gasteiger partial charge in [0, 0.05) is 16.3 Å². The lowest BCUT2D eigenvalue weighted by Crippen LogP contribution is -2.27. The number of thiophene rings is 1.